The van der Waals surface area contributed by atoms with Crippen LogP contribution in [0.5, 0.6) is 0 Å². The van der Waals surface area contributed by atoms with E-state index in [1.54, 1.807) is 18.3 Å². The van der Waals surface area contributed by atoms with Gasteiger partial charge in [-0.2, -0.15) is 0 Å². The molecule has 1 aliphatic heterocycles. The fraction of sp³-hybridized carbons (Fsp3) is 0.471. The Morgan fingerprint density at radius 1 is 1.26 bits per heavy atom. The lowest BCUT2D eigenvalue weighted by atomic mass is 9.93. The Morgan fingerprint density at radius 2 is 2.00 bits per heavy atom. The van der Waals surface area contributed by atoms with E-state index < -0.39 is 0 Å². The highest BCUT2D eigenvalue weighted by Crippen LogP contribution is 2.29. The summed E-state index contributed by atoms with van der Waals surface area (Å²) in [5.74, 6) is 1.43. The fourth-order valence-corrected chi connectivity index (χ4v) is 3.70. The quantitative estimate of drug-likeness (QED) is 0.934. The van der Waals surface area contributed by atoms with Crippen molar-refractivity contribution in [2.45, 2.75) is 39.5 Å². The standard InChI is InChI=1S/C17H22N4OS/c1-11-12(2)23-17(18-11)20-16-6-4-5-15(19-16)14-7-9-21(10-8-14)13(3)22/h4-6,14H,7-10H2,1-3H3,(H,18,19,20). The molecule has 0 bridgehead atoms. The lowest BCUT2D eigenvalue weighted by Gasteiger charge is -2.31. The number of nitrogens with zero attached hydrogens (tertiary/aromatic N) is 3. The van der Waals surface area contributed by atoms with Crippen LogP contribution in [0.2, 0.25) is 0 Å². The Labute approximate surface area is 140 Å². The second kappa shape index (κ2) is 6.66. The van der Waals surface area contributed by atoms with Crippen molar-refractivity contribution in [3.63, 3.8) is 0 Å². The van der Waals surface area contributed by atoms with Gasteiger partial charge in [-0.3, -0.25) is 4.79 Å². The number of likely N-dealkylation sites (tertiary alicyclic amines) is 1. The van der Waals surface area contributed by atoms with Crippen LogP contribution in [-0.2, 0) is 4.79 Å². The lowest BCUT2D eigenvalue weighted by molar-refractivity contribution is -0.129. The van der Waals surface area contributed by atoms with Crippen molar-refractivity contribution >= 4 is 28.2 Å². The average molecular weight is 330 g/mol. The molecule has 6 heteroatoms. The highest BCUT2D eigenvalue weighted by molar-refractivity contribution is 7.15. The zero-order chi connectivity index (χ0) is 16.4. The minimum absolute atomic E-state index is 0.168. The lowest BCUT2D eigenvalue weighted by Crippen LogP contribution is -2.36. The molecule has 1 amide bonds. The van der Waals surface area contributed by atoms with Crippen molar-refractivity contribution in [3.05, 3.63) is 34.5 Å². The number of nitrogens with one attached hydrogen (secondary N) is 1. The van der Waals surface area contributed by atoms with Crippen LogP contribution in [0.25, 0.3) is 0 Å². The Morgan fingerprint density at radius 3 is 2.61 bits per heavy atom. The second-order valence-corrected chi connectivity index (χ2v) is 7.22. The van der Waals surface area contributed by atoms with Crippen molar-refractivity contribution in [1.82, 2.24) is 14.9 Å². The third-order valence-corrected chi connectivity index (χ3v) is 5.38. The number of hydrogen-bond donors (Lipinski definition) is 1. The number of hydrogen-bond acceptors (Lipinski definition) is 5. The van der Waals surface area contributed by atoms with Crippen LogP contribution in [0.1, 0.15) is 41.9 Å². The van der Waals surface area contributed by atoms with Crippen LogP contribution in [0.15, 0.2) is 18.2 Å². The zero-order valence-corrected chi connectivity index (χ0v) is 14.6. The molecule has 0 atom stereocenters. The second-order valence-electron chi connectivity index (χ2n) is 6.01. The zero-order valence-electron chi connectivity index (χ0n) is 13.8. The highest BCUT2D eigenvalue weighted by atomic mass is 32.1. The predicted molar refractivity (Wildman–Crippen MR) is 93.3 cm³/mol. The van der Waals surface area contributed by atoms with Gasteiger partial charge in [0.25, 0.3) is 0 Å². The number of aromatic nitrogens is 2. The largest absolute Gasteiger partial charge is 0.343 e. The minimum Gasteiger partial charge on any atom is -0.343 e. The number of aryl methyl sites for hydroxylation is 2. The molecule has 3 heterocycles. The highest BCUT2D eigenvalue weighted by Gasteiger charge is 2.23. The van der Waals surface area contributed by atoms with Crippen molar-refractivity contribution in [1.29, 1.82) is 0 Å². The summed E-state index contributed by atoms with van der Waals surface area (Å²) in [7, 11) is 0. The van der Waals surface area contributed by atoms with Crippen molar-refractivity contribution in [2.75, 3.05) is 18.4 Å². The van der Waals surface area contributed by atoms with Gasteiger partial charge in [0.05, 0.1) is 5.69 Å². The molecule has 2 aromatic heterocycles. The summed E-state index contributed by atoms with van der Waals surface area (Å²) < 4.78 is 0. The molecule has 23 heavy (non-hydrogen) atoms. The number of thiazole rings is 1. The number of carbonyl (C=O) groups excluding carboxylic acids is 1. The normalized spacial score (nSPS) is 15.7. The molecule has 5 nitrogen and oxygen atoms in total. The number of piperidine rings is 1. The van der Waals surface area contributed by atoms with Gasteiger partial charge in [-0.1, -0.05) is 6.07 Å². The van der Waals surface area contributed by atoms with E-state index in [2.05, 4.69) is 23.3 Å². The van der Waals surface area contributed by atoms with Gasteiger partial charge in [0, 0.05) is 36.5 Å². The molecule has 0 unspecified atom stereocenters. The topological polar surface area (TPSA) is 58.1 Å². The Hall–Kier alpha value is -1.95. The fourth-order valence-electron chi connectivity index (χ4n) is 2.87. The number of amides is 1. The van der Waals surface area contributed by atoms with Crippen molar-refractivity contribution in [2.24, 2.45) is 0 Å². The van der Waals surface area contributed by atoms with E-state index >= 15 is 0 Å². The van der Waals surface area contributed by atoms with Gasteiger partial charge in [0.2, 0.25) is 5.91 Å². The maximum Gasteiger partial charge on any atom is 0.219 e. The summed E-state index contributed by atoms with van der Waals surface area (Å²) in [5, 5.41) is 4.19. The molecule has 1 aliphatic rings. The third-order valence-electron chi connectivity index (χ3n) is 4.39. The molecule has 2 aromatic rings. The molecule has 1 N–H and O–H groups in total. The molecule has 1 fully saturated rings. The maximum atomic E-state index is 11.4. The molecular weight excluding hydrogens is 308 g/mol. The van der Waals surface area contributed by atoms with Gasteiger partial charge in [-0.05, 0) is 38.8 Å². The number of pyridine rings is 1. The summed E-state index contributed by atoms with van der Waals surface area (Å²) in [5.41, 5.74) is 2.16. The summed E-state index contributed by atoms with van der Waals surface area (Å²) >= 11 is 1.65. The third kappa shape index (κ3) is 3.69. The monoisotopic (exact) mass is 330 g/mol. The van der Waals surface area contributed by atoms with Crippen LogP contribution in [0.4, 0.5) is 10.9 Å². The molecule has 0 saturated carbocycles. The van der Waals surface area contributed by atoms with Crippen LogP contribution < -0.4 is 5.32 Å². The van der Waals surface area contributed by atoms with Gasteiger partial charge in [-0.15, -0.1) is 11.3 Å². The van der Waals surface area contributed by atoms with Crippen molar-refractivity contribution < 1.29 is 4.79 Å². The van der Waals surface area contributed by atoms with Crippen LogP contribution >= 0.6 is 11.3 Å². The van der Waals surface area contributed by atoms with Crippen LogP contribution in [-0.4, -0.2) is 33.9 Å². The number of rotatable bonds is 3. The summed E-state index contributed by atoms with van der Waals surface area (Å²) in [6.45, 7) is 7.38. The summed E-state index contributed by atoms with van der Waals surface area (Å²) in [6, 6.07) is 6.09. The first-order valence-corrected chi connectivity index (χ1v) is 8.78. The van der Waals surface area contributed by atoms with Gasteiger partial charge in [0.15, 0.2) is 5.13 Å². The minimum atomic E-state index is 0.168. The summed E-state index contributed by atoms with van der Waals surface area (Å²) in [4.78, 5) is 23.8. The first kappa shape index (κ1) is 15.9. The Kier molecular flexibility index (Phi) is 4.61. The van der Waals surface area contributed by atoms with Gasteiger partial charge < -0.3 is 10.2 Å². The molecule has 0 radical (unpaired) electrons. The van der Waals surface area contributed by atoms with E-state index in [0.717, 1.165) is 48.3 Å². The van der Waals surface area contributed by atoms with Crippen LogP contribution in [0.3, 0.4) is 0 Å². The van der Waals surface area contributed by atoms with Gasteiger partial charge in [0.1, 0.15) is 5.82 Å². The smallest absolute Gasteiger partial charge is 0.219 e. The van der Waals surface area contributed by atoms with Crippen molar-refractivity contribution in [3.8, 4) is 0 Å². The molecule has 122 valence electrons. The van der Waals surface area contributed by atoms with E-state index in [-0.39, 0.29) is 5.91 Å². The molecule has 0 aromatic carbocycles. The van der Waals surface area contributed by atoms with E-state index in [1.807, 2.05) is 24.0 Å². The molecular formula is C17H22N4OS. The van der Waals surface area contributed by atoms with E-state index in [1.165, 1.54) is 4.88 Å². The Balaban J connectivity index is 1.69. The van der Waals surface area contributed by atoms with E-state index in [9.17, 15) is 4.79 Å². The van der Waals surface area contributed by atoms with Gasteiger partial charge in [-0.25, -0.2) is 9.97 Å². The SMILES string of the molecule is CC(=O)N1CCC(c2cccc(Nc3nc(C)c(C)s3)n2)CC1. The first-order valence-electron chi connectivity index (χ1n) is 7.96. The number of carbonyl (C=O) groups is 1. The molecule has 3 rings (SSSR count). The van der Waals surface area contributed by atoms with Gasteiger partial charge >= 0.3 is 0 Å². The van der Waals surface area contributed by atoms with Crippen LogP contribution in [0, 0.1) is 13.8 Å². The Bertz CT molecular complexity index is 685. The summed E-state index contributed by atoms with van der Waals surface area (Å²) in [6.07, 6.45) is 1.96. The average Bonchev–Trinajstić information content (AvgIpc) is 2.85. The van der Waals surface area contributed by atoms with E-state index in [0.29, 0.717) is 5.92 Å². The molecule has 1 saturated heterocycles. The predicted octanol–water partition coefficient (Wildman–Crippen LogP) is 3.62. The first-order chi connectivity index (χ1) is 11.0. The van der Waals surface area contributed by atoms with E-state index in [4.69, 9.17) is 4.98 Å². The maximum absolute atomic E-state index is 11.4. The molecule has 0 aliphatic carbocycles. The number of anilines is 2. The molecule has 0 spiro atoms.